The third-order valence-electron chi connectivity index (χ3n) is 4.95. The van der Waals surface area contributed by atoms with Crippen LogP contribution in [-0.4, -0.2) is 6.73 Å². The average Bonchev–Trinajstić information content (AvgIpc) is 2.65. The molecule has 0 N–H and O–H groups in total. The van der Waals surface area contributed by atoms with Crippen LogP contribution in [0.15, 0.2) is 45.6 Å². The fraction of sp³-hybridized carbons (Fsp3) is 0.250. The third-order valence-corrected chi connectivity index (χ3v) is 4.95. The van der Waals surface area contributed by atoms with Crippen molar-refractivity contribution in [2.24, 2.45) is 0 Å². The molecule has 4 nitrogen and oxygen atoms in total. The van der Waals surface area contributed by atoms with E-state index in [-0.39, 0.29) is 13.3 Å². The van der Waals surface area contributed by atoms with Crippen LogP contribution in [-0.2, 0) is 12.7 Å². The van der Waals surface area contributed by atoms with Crippen molar-refractivity contribution in [1.82, 2.24) is 0 Å². The number of benzene rings is 2. The predicted octanol–water partition coefficient (Wildman–Crippen LogP) is 4.79. The zero-order chi connectivity index (χ0) is 19.3. The van der Waals surface area contributed by atoms with E-state index in [1.807, 2.05) is 13.0 Å². The van der Waals surface area contributed by atoms with E-state index in [1.165, 1.54) is 6.07 Å². The van der Waals surface area contributed by atoms with Crippen LogP contribution in [0.3, 0.4) is 0 Å². The molecule has 27 heavy (non-hydrogen) atoms. The number of ether oxygens (including phenoxy) is 1. The smallest absolute Gasteiger partial charge is 0.416 e. The largest absolute Gasteiger partial charge is 0.473 e. The van der Waals surface area contributed by atoms with Gasteiger partial charge in [-0.1, -0.05) is 6.07 Å². The molecule has 0 unspecified atom stereocenters. The van der Waals surface area contributed by atoms with Crippen molar-refractivity contribution in [1.29, 1.82) is 0 Å². The summed E-state index contributed by atoms with van der Waals surface area (Å²) < 4.78 is 50.2. The van der Waals surface area contributed by atoms with Gasteiger partial charge < -0.3 is 14.1 Å². The second-order valence-corrected chi connectivity index (χ2v) is 6.58. The molecule has 1 aromatic heterocycles. The molecule has 0 saturated heterocycles. The van der Waals surface area contributed by atoms with Crippen LogP contribution in [0, 0.1) is 13.8 Å². The minimum absolute atomic E-state index is 0.106. The van der Waals surface area contributed by atoms with E-state index in [0.29, 0.717) is 28.1 Å². The van der Waals surface area contributed by atoms with Gasteiger partial charge in [-0.05, 0) is 49.7 Å². The summed E-state index contributed by atoms with van der Waals surface area (Å²) >= 11 is 0. The first kappa shape index (κ1) is 17.5. The van der Waals surface area contributed by atoms with Crippen LogP contribution >= 0.6 is 0 Å². The lowest BCUT2D eigenvalue weighted by molar-refractivity contribution is -0.137. The number of halogens is 3. The van der Waals surface area contributed by atoms with E-state index in [9.17, 15) is 18.0 Å². The lowest BCUT2D eigenvalue weighted by Gasteiger charge is -2.31. The molecule has 7 heteroatoms. The lowest BCUT2D eigenvalue weighted by atomic mass is 10.0. The molecule has 140 valence electrons. The summed E-state index contributed by atoms with van der Waals surface area (Å²) in [5.41, 5.74) is 1.66. The van der Waals surface area contributed by atoms with E-state index >= 15 is 0 Å². The van der Waals surface area contributed by atoms with Crippen LogP contribution < -0.4 is 15.3 Å². The molecule has 0 atom stereocenters. The summed E-state index contributed by atoms with van der Waals surface area (Å²) in [4.78, 5) is 13.8. The molecule has 0 aliphatic carbocycles. The van der Waals surface area contributed by atoms with Crippen LogP contribution in [0.25, 0.3) is 11.0 Å². The van der Waals surface area contributed by atoms with E-state index in [2.05, 4.69) is 0 Å². The molecular weight excluding hydrogens is 359 g/mol. The Labute approximate surface area is 152 Å². The quantitative estimate of drug-likeness (QED) is 0.574. The molecule has 0 bridgehead atoms. The molecule has 1 aliphatic rings. The minimum atomic E-state index is -4.42. The fourth-order valence-electron chi connectivity index (χ4n) is 3.26. The predicted molar refractivity (Wildman–Crippen MR) is 95.1 cm³/mol. The Kier molecular flexibility index (Phi) is 3.91. The molecule has 1 aliphatic heterocycles. The lowest BCUT2D eigenvalue weighted by Crippen LogP contribution is -2.32. The second kappa shape index (κ2) is 6.04. The van der Waals surface area contributed by atoms with Gasteiger partial charge in [-0.15, -0.1) is 0 Å². The molecule has 2 aromatic carbocycles. The van der Waals surface area contributed by atoms with Gasteiger partial charge in [0.05, 0.1) is 17.7 Å². The Morgan fingerprint density at radius 2 is 1.85 bits per heavy atom. The van der Waals surface area contributed by atoms with Crippen LogP contribution in [0.5, 0.6) is 5.75 Å². The van der Waals surface area contributed by atoms with Crippen molar-refractivity contribution < 1.29 is 22.3 Å². The van der Waals surface area contributed by atoms with E-state index < -0.39 is 17.4 Å². The number of rotatable bonds is 1. The summed E-state index contributed by atoms with van der Waals surface area (Å²) in [6.07, 6.45) is -4.42. The summed E-state index contributed by atoms with van der Waals surface area (Å²) in [7, 11) is 0. The molecular formula is C20H16F3NO3. The highest BCUT2D eigenvalue weighted by Crippen LogP contribution is 2.37. The summed E-state index contributed by atoms with van der Waals surface area (Å²) in [6, 6.07) is 8.71. The molecule has 0 fully saturated rings. The number of aryl methyl sites for hydroxylation is 1. The van der Waals surface area contributed by atoms with Gasteiger partial charge in [0.15, 0.2) is 6.73 Å². The second-order valence-electron chi connectivity index (χ2n) is 6.58. The Morgan fingerprint density at radius 1 is 1.07 bits per heavy atom. The van der Waals surface area contributed by atoms with Crippen molar-refractivity contribution in [2.45, 2.75) is 26.6 Å². The maximum absolute atomic E-state index is 13.0. The van der Waals surface area contributed by atoms with Gasteiger partial charge in [-0.3, -0.25) is 0 Å². The van der Waals surface area contributed by atoms with Crippen LogP contribution in [0.1, 0.15) is 22.3 Å². The van der Waals surface area contributed by atoms with E-state index in [0.717, 1.165) is 23.1 Å². The summed E-state index contributed by atoms with van der Waals surface area (Å²) in [6.45, 7) is 3.93. The van der Waals surface area contributed by atoms with Crippen molar-refractivity contribution >= 4 is 16.7 Å². The van der Waals surface area contributed by atoms with Gasteiger partial charge in [-0.2, -0.15) is 13.2 Å². The highest BCUT2D eigenvalue weighted by molar-refractivity contribution is 5.86. The number of nitrogens with zero attached hydrogens (tertiary/aromatic N) is 1. The van der Waals surface area contributed by atoms with Gasteiger partial charge >= 0.3 is 11.8 Å². The number of hydrogen-bond donors (Lipinski definition) is 0. The first-order valence-corrected chi connectivity index (χ1v) is 8.36. The molecule has 0 spiro atoms. The molecule has 0 amide bonds. The molecule has 0 saturated carbocycles. The van der Waals surface area contributed by atoms with Crippen molar-refractivity contribution in [3.8, 4) is 5.75 Å². The number of anilines is 1. The zero-order valence-electron chi connectivity index (χ0n) is 14.7. The number of alkyl halides is 3. The van der Waals surface area contributed by atoms with Crippen molar-refractivity contribution in [3.63, 3.8) is 0 Å². The standard InChI is InChI=1S/C20H16F3NO3/c1-11-12(2)19(25)27-18-15(11)6-7-17-16(18)9-24(10-26-17)14-5-3-4-13(8-14)20(21,22)23/h3-8H,9-10H2,1-2H3. The molecule has 3 aromatic rings. The zero-order valence-corrected chi connectivity index (χ0v) is 14.7. The number of hydrogen-bond acceptors (Lipinski definition) is 4. The minimum Gasteiger partial charge on any atom is -0.473 e. The fourth-order valence-corrected chi connectivity index (χ4v) is 3.26. The molecule has 2 heterocycles. The Bertz CT molecular complexity index is 1100. The Balaban J connectivity index is 1.80. The van der Waals surface area contributed by atoms with Crippen molar-refractivity contribution in [2.75, 3.05) is 11.6 Å². The highest BCUT2D eigenvalue weighted by Gasteiger charge is 2.31. The van der Waals surface area contributed by atoms with Crippen molar-refractivity contribution in [3.05, 3.63) is 69.1 Å². The average molecular weight is 375 g/mol. The topological polar surface area (TPSA) is 42.7 Å². The van der Waals surface area contributed by atoms with Gasteiger partial charge in [0, 0.05) is 16.6 Å². The Morgan fingerprint density at radius 3 is 2.59 bits per heavy atom. The summed E-state index contributed by atoms with van der Waals surface area (Å²) in [5.74, 6) is 0.567. The Hall–Kier alpha value is -2.96. The van der Waals surface area contributed by atoms with E-state index in [4.69, 9.17) is 9.15 Å². The first-order valence-electron chi connectivity index (χ1n) is 8.36. The van der Waals surface area contributed by atoms with Crippen LogP contribution in [0.4, 0.5) is 18.9 Å². The van der Waals surface area contributed by atoms with Gasteiger partial charge in [0.25, 0.3) is 0 Å². The van der Waals surface area contributed by atoms with Gasteiger partial charge in [0.1, 0.15) is 11.3 Å². The third kappa shape index (κ3) is 2.93. The maximum atomic E-state index is 13.0. The van der Waals surface area contributed by atoms with Gasteiger partial charge in [-0.25, -0.2) is 4.79 Å². The molecule has 4 rings (SSSR count). The van der Waals surface area contributed by atoms with E-state index in [1.54, 1.807) is 24.0 Å². The maximum Gasteiger partial charge on any atom is 0.416 e. The first-order chi connectivity index (χ1) is 12.8. The monoisotopic (exact) mass is 375 g/mol. The number of fused-ring (bicyclic) bond motifs is 3. The normalized spacial score (nSPS) is 14.2. The molecule has 0 radical (unpaired) electrons. The highest BCUT2D eigenvalue weighted by atomic mass is 19.4. The summed E-state index contributed by atoms with van der Waals surface area (Å²) in [5, 5.41) is 0.792. The SMILES string of the molecule is Cc1c(C)c2ccc3c(c2oc1=O)CN(c1cccc(C(F)(F)F)c1)CO3. The van der Waals surface area contributed by atoms with Crippen LogP contribution in [0.2, 0.25) is 0 Å². The van der Waals surface area contributed by atoms with Gasteiger partial charge in [0.2, 0.25) is 0 Å².